The highest BCUT2D eigenvalue weighted by molar-refractivity contribution is 5.95. The Hall–Kier alpha value is -4.14. The van der Waals surface area contributed by atoms with E-state index in [2.05, 4.69) is 0 Å². The monoisotopic (exact) mass is 419 g/mol. The zero-order valence-corrected chi connectivity index (χ0v) is 17.6. The first-order valence-corrected chi connectivity index (χ1v) is 9.54. The molecule has 0 saturated carbocycles. The summed E-state index contributed by atoms with van der Waals surface area (Å²) in [5.41, 5.74) is 2.24. The van der Waals surface area contributed by atoms with Gasteiger partial charge in [0.15, 0.2) is 0 Å². The molecule has 0 unspecified atom stereocenters. The number of hydrogen-bond donors (Lipinski definition) is 0. The largest absolute Gasteiger partial charge is 0.378 e. The molecule has 158 valence electrons. The van der Waals surface area contributed by atoms with Gasteiger partial charge in [-0.1, -0.05) is 12.1 Å². The van der Waals surface area contributed by atoms with E-state index < -0.39 is 16.2 Å². The zero-order chi connectivity index (χ0) is 22.4. The first-order chi connectivity index (χ1) is 14.7. The molecule has 0 fully saturated rings. The topological polar surface area (TPSA) is 95.3 Å². The number of nitro groups is 1. The molecule has 0 amide bonds. The lowest BCUT2D eigenvalue weighted by atomic mass is 10.1. The Bertz CT molecular complexity index is 1440. The molecule has 0 bridgehead atoms. The summed E-state index contributed by atoms with van der Waals surface area (Å²) in [6, 6.07) is 13.8. The number of benzene rings is 2. The van der Waals surface area contributed by atoms with Gasteiger partial charge in [0.2, 0.25) is 0 Å². The fraction of sp³-hybridized carbons (Fsp3) is 0.182. The number of hydrogen-bond acceptors (Lipinski definition) is 5. The fourth-order valence-corrected chi connectivity index (χ4v) is 3.71. The first kappa shape index (κ1) is 20.1. The molecule has 0 N–H and O–H groups in total. The number of rotatable bonds is 4. The number of non-ortho nitro benzene ring substituents is 1. The summed E-state index contributed by atoms with van der Waals surface area (Å²) in [7, 11) is 6.89. The Morgan fingerprint density at radius 3 is 2.26 bits per heavy atom. The van der Waals surface area contributed by atoms with Crippen LogP contribution in [0.4, 0.5) is 11.4 Å². The lowest BCUT2D eigenvalue weighted by Crippen LogP contribution is -2.36. The smallest absolute Gasteiger partial charge is 0.330 e. The minimum Gasteiger partial charge on any atom is -0.378 e. The standard InChI is InChI=1S/C22H21N5O4/c1-23(2)15-8-10-16(11-9-15)26-13-18-19(21(28)25(4)22(29)24(18)3)20(26)14-6-5-7-17(12-14)27(30)31/h5-13H,1-4H3. The Morgan fingerprint density at radius 1 is 0.968 bits per heavy atom. The molecular weight excluding hydrogens is 398 g/mol. The Kier molecular flexibility index (Phi) is 4.73. The highest BCUT2D eigenvalue weighted by atomic mass is 16.6. The highest BCUT2D eigenvalue weighted by Crippen LogP contribution is 2.33. The molecule has 0 atom stereocenters. The lowest BCUT2D eigenvalue weighted by molar-refractivity contribution is -0.384. The van der Waals surface area contributed by atoms with E-state index in [-0.39, 0.29) is 5.69 Å². The molecule has 0 aliphatic carbocycles. The van der Waals surface area contributed by atoms with E-state index in [4.69, 9.17) is 0 Å². The number of nitro benzene ring substituents is 1. The molecule has 2 aromatic heterocycles. The van der Waals surface area contributed by atoms with Crippen molar-refractivity contribution in [2.75, 3.05) is 19.0 Å². The van der Waals surface area contributed by atoms with Crippen LogP contribution in [0.3, 0.4) is 0 Å². The van der Waals surface area contributed by atoms with Crippen LogP contribution in [0.1, 0.15) is 0 Å². The van der Waals surface area contributed by atoms with Gasteiger partial charge in [-0.2, -0.15) is 0 Å². The van der Waals surface area contributed by atoms with E-state index >= 15 is 0 Å². The van der Waals surface area contributed by atoms with Crippen LogP contribution < -0.4 is 16.1 Å². The van der Waals surface area contributed by atoms with Gasteiger partial charge in [0.25, 0.3) is 11.2 Å². The van der Waals surface area contributed by atoms with Gasteiger partial charge in [-0.3, -0.25) is 24.0 Å². The van der Waals surface area contributed by atoms with Crippen molar-refractivity contribution in [2.24, 2.45) is 14.1 Å². The summed E-state index contributed by atoms with van der Waals surface area (Å²) < 4.78 is 4.24. The quantitative estimate of drug-likeness (QED) is 0.374. The molecule has 2 heterocycles. The van der Waals surface area contributed by atoms with E-state index in [0.717, 1.165) is 15.9 Å². The summed E-state index contributed by atoms with van der Waals surface area (Å²) in [5, 5.41) is 11.7. The van der Waals surface area contributed by atoms with Crippen molar-refractivity contribution in [3.63, 3.8) is 0 Å². The molecule has 2 aromatic carbocycles. The fourth-order valence-electron chi connectivity index (χ4n) is 3.71. The zero-order valence-electron chi connectivity index (χ0n) is 17.6. The Morgan fingerprint density at radius 2 is 1.65 bits per heavy atom. The van der Waals surface area contributed by atoms with Crippen molar-refractivity contribution in [3.05, 3.63) is 85.7 Å². The molecule has 0 spiro atoms. The van der Waals surface area contributed by atoms with Gasteiger partial charge in [-0.05, 0) is 24.3 Å². The minimum atomic E-state index is -0.474. The molecule has 31 heavy (non-hydrogen) atoms. The van der Waals surface area contributed by atoms with Gasteiger partial charge < -0.3 is 9.47 Å². The SMILES string of the molecule is CN(C)c1ccc(-n2cc3c(c2-c2cccc([N+](=O)[O-])c2)c(=O)n(C)c(=O)n3C)cc1. The second-order valence-electron chi connectivity index (χ2n) is 7.53. The van der Waals surface area contributed by atoms with Crippen LogP contribution in [0.2, 0.25) is 0 Å². The summed E-state index contributed by atoms with van der Waals surface area (Å²) in [6.07, 6.45) is 1.72. The van der Waals surface area contributed by atoms with Crippen molar-refractivity contribution in [3.8, 4) is 16.9 Å². The molecule has 9 heteroatoms. The summed E-state index contributed by atoms with van der Waals surface area (Å²) in [4.78, 5) is 38.4. The first-order valence-electron chi connectivity index (χ1n) is 9.54. The maximum atomic E-state index is 13.1. The number of aryl methyl sites for hydroxylation is 1. The maximum Gasteiger partial charge on any atom is 0.330 e. The molecular formula is C22H21N5O4. The van der Waals surface area contributed by atoms with Gasteiger partial charge in [0, 0.05) is 63.5 Å². The third kappa shape index (κ3) is 3.20. The van der Waals surface area contributed by atoms with Crippen LogP contribution in [0, 0.1) is 10.1 Å². The van der Waals surface area contributed by atoms with Gasteiger partial charge in [-0.15, -0.1) is 0 Å². The van der Waals surface area contributed by atoms with Crippen molar-refractivity contribution in [1.29, 1.82) is 0 Å². The molecule has 4 aromatic rings. The number of anilines is 1. The Labute approximate surface area is 177 Å². The van der Waals surface area contributed by atoms with E-state index in [1.165, 1.54) is 23.7 Å². The third-order valence-corrected chi connectivity index (χ3v) is 5.41. The molecule has 0 aliphatic heterocycles. The number of nitrogens with zero attached hydrogens (tertiary/aromatic N) is 5. The van der Waals surface area contributed by atoms with Crippen molar-refractivity contribution in [2.45, 2.75) is 0 Å². The van der Waals surface area contributed by atoms with E-state index in [9.17, 15) is 19.7 Å². The average molecular weight is 419 g/mol. The molecule has 0 saturated heterocycles. The van der Waals surface area contributed by atoms with Gasteiger partial charge in [-0.25, -0.2) is 4.79 Å². The van der Waals surface area contributed by atoms with Gasteiger partial charge >= 0.3 is 5.69 Å². The lowest BCUT2D eigenvalue weighted by Gasteiger charge is -2.14. The van der Waals surface area contributed by atoms with E-state index in [0.29, 0.717) is 22.2 Å². The highest BCUT2D eigenvalue weighted by Gasteiger charge is 2.21. The van der Waals surface area contributed by atoms with Gasteiger partial charge in [0.05, 0.1) is 21.5 Å². The van der Waals surface area contributed by atoms with E-state index in [1.807, 2.05) is 43.3 Å². The molecule has 9 nitrogen and oxygen atoms in total. The maximum absolute atomic E-state index is 13.1. The average Bonchev–Trinajstić information content (AvgIpc) is 3.17. The van der Waals surface area contributed by atoms with Crippen molar-refractivity contribution < 1.29 is 4.92 Å². The molecule has 0 radical (unpaired) electrons. The molecule has 0 aliphatic rings. The summed E-state index contributed by atoms with van der Waals surface area (Å²) >= 11 is 0. The second kappa shape index (κ2) is 7.28. The summed E-state index contributed by atoms with van der Waals surface area (Å²) in [6.45, 7) is 0. The van der Waals surface area contributed by atoms with Crippen LogP contribution in [0.15, 0.2) is 64.3 Å². The van der Waals surface area contributed by atoms with Crippen LogP contribution in [0.25, 0.3) is 27.8 Å². The van der Waals surface area contributed by atoms with Crippen molar-refractivity contribution in [1.82, 2.24) is 13.7 Å². The number of fused-ring (bicyclic) bond motifs is 1. The predicted octanol–water partition coefficient (Wildman–Crippen LogP) is 2.67. The van der Waals surface area contributed by atoms with Crippen molar-refractivity contribution >= 4 is 22.3 Å². The Balaban J connectivity index is 2.12. The summed E-state index contributed by atoms with van der Waals surface area (Å²) in [5.74, 6) is 0. The minimum absolute atomic E-state index is 0.0806. The normalized spacial score (nSPS) is 11.1. The van der Waals surface area contributed by atoms with E-state index in [1.54, 1.807) is 29.9 Å². The van der Waals surface area contributed by atoms with Crippen LogP contribution in [-0.4, -0.2) is 32.7 Å². The second-order valence-corrected chi connectivity index (χ2v) is 7.53. The van der Waals surface area contributed by atoms with Gasteiger partial charge in [0.1, 0.15) is 0 Å². The number of aromatic nitrogens is 3. The van der Waals surface area contributed by atoms with Crippen LogP contribution >= 0.6 is 0 Å². The third-order valence-electron chi connectivity index (χ3n) is 5.41. The van der Waals surface area contributed by atoms with Crippen LogP contribution in [-0.2, 0) is 14.1 Å². The molecule has 4 rings (SSSR count). The predicted molar refractivity (Wildman–Crippen MR) is 120 cm³/mol. The van der Waals surface area contributed by atoms with Crippen LogP contribution in [0.5, 0.6) is 0 Å².